The number of methoxy groups -OCH3 is 1. The summed E-state index contributed by atoms with van der Waals surface area (Å²) in [6.07, 6.45) is 0. The van der Waals surface area contributed by atoms with Crippen LogP contribution in [0.1, 0.15) is 22.7 Å². The minimum absolute atomic E-state index is 0.0359. The molecule has 1 atom stereocenters. The number of aryl methyl sites for hydroxylation is 1. The highest BCUT2D eigenvalue weighted by Crippen LogP contribution is 2.27. The lowest BCUT2D eigenvalue weighted by Gasteiger charge is -2.17. The van der Waals surface area contributed by atoms with E-state index in [0.29, 0.717) is 16.5 Å². The Balaban J connectivity index is 1.74. The van der Waals surface area contributed by atoms with Crippen molar-refractivity contribution in [3.63, 3.8) is 0 Å². The molecule has 0 aromatic heterocycles. The SMILES string of the molecule is COc1ccc(Cl)cc1NC(=O)C[NH2+][C@H](c1ccccc1)c1ccc(C)cc1. The van der Waals surface area contributed by atoms with Gasteiger partial charge in [-0.3, -0.25) is 4.79 Å². The van der Waals surface area contributed by atoms with Crippen LogP contribution >= 0.6 is 11.6 Å². The first-order valence-corrected chi connectivity index (χ1v) is 9.53. The molecule has 1 amide bonds. The van der Waals surface area contributed by atoms with E-state index in [4.69, 9.17) is 16.3 Å². The van der Waals surface area contributed by atoms with Gasteiger partial charge in [-0.2, -0.15) is 0 Å². The number of nitrogens with one attached hydrogen (secondary N) is 1. The van der Waals surface area contributed by atoms with E-state index in [2.05, 4.69) is 48.6 Å². The Labute approximate surface area is 170 Å². The van der Waals surface area contributed by atoms with E-state index in [1.54, 1.807) is 25.3 Å². The lowest BCUT2D eigenvalue weighted by molar-refractivity contribution is -0.676. The fourth-order valence-electron chi connectivity index (χ4n) is 3.10. The van der Waals surface area contributed by atoms with E-state index >= 15 is 0 Å². The zero-order chi connectivity index (χ0) is 19.9. The number of anilines is 1. The van der Waals surface area contributed by atoms with Gasteiger partial charge >= 0.3 is 0 Å². The average molecular weight is 396 g/mol. The quantitative estimate of drug-likeness (QED) is 0.636. The Bertz CT molecular complexity index is 927. The third-order valence-electron chi connectivity index (χ3n) is 4.57. The van der Waals surface area contributed by atoms with Crippen LogP contribution in [0.4, 0.5) is 5.69 Å². The Kier molecular flexibility index (Phi) is 6.69. The predicted molar refractivity (Wildman–Crippen MR) is 113 cm³/mol. The van der Waals surface area contributed by atoms with Crippen molar-refractivity contribution in [1.29, 1.82) is 0 Å². The molecule has 3 aromatic rings. The second-order valence-corrected chi connectivity index (χ2v) is 7.07. The molecule has 0 radical (unpaired) electrons. The van der Waals surface area contributed by atoms with Crippen molar-refractivity contribution in [2.45, 2.75) is 13.0 Å². The smallest absolute Gasteiger partial charge is 0.279 e. The Morgan fingerprint density at radius 3 is 2.39 bits per heavy atom. The van der Waals surface area contributed by atoms with Crippen LogP contribution in [0.15, 0.2) is 72.8 Å². The van der Waals surface area contributed by atoms with Crippen molar-refractivity contribution in [2.75, 3.05) is 19.0 Å². The van der Waals surface area contributed by atoms with E-state index < -0.39 is 0 Å². The van der Waals surface area contributed by atoms with E-state index in [1.807, 2.05) is 23.5 Å². The first-order valence-electron chi connectivity index (χ1n) is 9.15. The molecule has 0 saturated heterocycles. The summed E-state index contributed by atoms with van der Waals surface area (Å²) in [4.78, 5) is 12.6. The highest BCUT2D eigenvalue weighted by Gasteiger charge is 2.19. The molecule has 28 heavy (non-hydrogen) atoms. The maximum absolute atomic E-state index is 12.6. The molecule has 3 N–H and O–H groups in total. The molecular formula is C23H24ClN2O2+. The molecular weight excluding hydrogens is 372 g/mol. The zero-order valence-electron chi connectivity index (χ0n) is 16.0. The van der Waals surface area contributed by atoms with Gasteiger partial charge in [0.1, 0.15) is 11.8 Å². The second kappa shape index (κ2) is 9.40. The van der Waals surface area contributed by atoms with Gasteiger partial charge in [-0.05, 0) is 25.1 Å². The first-order chi connectivity index (χ1) is 13.6. The molecule has 0 saturated carbocycles. The minimum atomic E-state index is -0.117. The molecule has 0 aliphatic carbocycles. The summed E-state index contributed by atoms with van der Waals surface area (Å²) < 4.78 is 5.29. The summed E-state index contributed by atoms with van der Waals surface area (Å²) in [6.45, 7) is 2.33. The number of nitrogens with two attached hydrogens (primary N) is 1. The number of halogens is 1. The van der Waals surface area contributed by atoms with Gasteiger partial charge in [0.05, 0.1) is 12.8 Å². The summed E-state index contributed by atoms with van der Waals surface area (Å²) in [6, 6.07) is 23.8. The van der Waals surface area contributed by atoms with Crippen LogP contribution < -0.4 is 15.4 Å². The van der Waals surface area contributed by atoms with E-state index in [9.17, 15) is 4.79 Å². The van der Waals surface area contributed by atoms with E-state index in [-0.39, 0.29) is 18.5 Å². The summed E-state index contributed by atoms with van der Waals surface area (Å²) in [7, 11) is 1.56. The maximum atomic E-state index is 12.6. The van der Waals surface area contributed by atoms with E-state index in [0.717, 1.165) is 11.1 Å². The average Bonchev–Trinajstić information content (AvgIpc) is 2.70. The van der Waals surface area contributed by atoms with Crippen LogP contribution in [0, 0.1) is 6.92 Å². The first kappa shape index (κ1) is 19.9. The summed E-state index contributed by atoms with van der Waals surface area (Å²) >= 11 is 6.04. The second-order valence-electron chi connectivity index (χ2n) is 6.63. The van der Waals surface area contributed by atoms with Crippen LogP contribution in [0.5, 0.6) is 5.75 Å². The number of hydrogen-bond donors (Lipinski definition) is 2. The number of carbonyl (C=O) groups excluding carboxylic acids is 1. The molecule has 3 aromatic carbocycles. The Hall–Kier alpha value is -2.82. The fraction of sp³-hybridized carbons (Fsp3) is 0.174. The van der Waals surface area contributed by atoms with Gasteiger partial charge in [-0.15, -0.1) is 0 Å². The standard InChI is InChI=1S/C23H23ClN2O2/c1-16-8-10-18(11-9-16)23(17-6-4-3-5-7-17)25-15-22(27)26-20-14-19(24)12-13-21(20)28-2/h3-14,23,25H,15H2,1-2H3,(H,26,27)/p+1/t23-/m1/s1. The molecule has 4 nitrogen and oxygen atoms in total. The van der Waals surface area contributed by atoms with Crippen LogP contribution in [-0.4, -0.2) is 19.6 Å². The van der Waals surface area contributed by atoms with Gasteiger partial charge in [0.15, 0.2) is 6.54 Å². The third-order valence-corrected chi connectivity index (χ3v) is 4.80. The van der Waals surface area contributed by atoms with Crippen molar-refractivity contribution in [1.82, 2.24) is 0 Å². The fourth-order valence-corrected chi connectivity index (χ4v) is 3.27. The normalized spacial score (nSPS) is 11.7. The van der Waals surface area contributed by atoms with Crippen molar-refractivity contribution in [3.8, 4) is 5.75 Å². The lowest BCUT2D eigenvalue weighted by Crippen LogP contribution is -2.87. The highest BCUT2D eigenvalue weighted by molar-refractivity contribution is 6.31. The molecule has 0 bridgehead atoms. The summed E-state index contributed by atoms with van der Waals surface area (Å²) in [5.74, 6) is 0.463. The molecule has 0 fully saturated rings. The molecule has 0 heterocycles. The molecule has 0 aliphatic rings. The van der Waals surface area contributed by atoms with Crippen LogP contribution in [-0.2, 0) is 4.79 Å². The highest BCUT2D eigenvalue weighted by atomic mass is 35.5. The van der Waals surface area contributed by atoms with Gasteiger partial charge in [0.2, 0.25) is 0 Å². The largest absolute Gasteiger partial charge is 0.495 e. The van der Waals surface area contributed by atoms with Crippen LogP contribution in [0.3, 0.4) is 0 Å². The Morgan fingerprint density at radius 2 is 1.71 bits per heavy atom. The molecule has 0 spiro atoms. The van der Waals surface area contributed by atoms with Gasteiger partial charge in [-0.1, -0.05) is 71.8 Å². The molecule has 0 unspecified atom stereocenters. The van der Waals surface area contributed by atoms with Gasteiger partial charge < -0.3 is 15.4 Å². The lowest BCUT2D eigenvalue weighted by atomic mass is 9.98. The zero-order valence-corrected chi connectivity index (χ0v) is 16.7. The minimum Gasteiger partial charge on any atom is -0.495 e. The number of carbonyl (C=O) groups is 1. The third kappa shape index (κ3) is 5.12. The monoisotopic (exact) mass is 395 g/mol. The number of rotatable bonds is 7. The topological polar surface area (TPSA) is 54.9 Å². The number of benzene rings is 3. The summed E-state index contributed by atoms with van der Waals surface area (Å²) in [5, 5.41) is 5.47. The number of quaternary nitrogens is 1. The Morgan fingerprint density at radius 1 is 1.04 bits per heavy atom. The van der Waals surface area contributed by atoms with Gasteiger partial charge in [0, 0.05) is 16.1 Å². The number of ether oxygens (including phenoxy) is 1. The molecule has 3 rings (SSSR count). The molecule has 0 aliphatic heterocycles. The van der Waals surface area contributed by atoms with Gasteiger partial charge in [-0.25, -0.2) is 0 Å². The van der Waals surface area contributed by atoms with Crippen LogP contribution in [0.25, 0.3) is 0 Å². The maximum Gasteiger partial charge on any atom is 0.279 e. The van der Waals surface area contributed by atoms with Gasteiger partial charge in [0.25, 0.3) is 5.91 Å². The van der Waals surface area contributed by atoms with Crippen molar-refractivity contribution < 1.29 is 14.8 Å². The van der Waals surface area contributed by atoms with Crippen LogP contribution in [0.2, 0.25) is 5.02 Å². The van der Waals surface area contributed by atoms with E-state index in [1.165, 1.54) is 5.56 Å². The molecule has 144 valence electrons. The van der Waals surface area contributed by atoms with Crippen molar-refractivity contribution in [2.24, 2.45) is 0 Å². The van der Waals surface area contributed by atoms with Crippen molar-refractivity contribution >= 4 is 23.2 Å². The van der Waals surface area contributed by atoms with Crippen molar-refractivity contribution in [3.05, 3.63) is 94.5 Å². The number of hydrogen-bond acceptors (Lipinski definition) is 2. The predicted octanol–water partition coefficient (Wildman–Crippen LogP) is 3.95. The molecule has 5 heteroatoms. The number of amides is 1. The summed E-state index contributed by atoms with van der Waals surface area (Å²) in [5.41, 5.74) is 4.09.